The van der Waals surface area contributed by atoms with Crippen LogP contribution in [-0.2, 0) is 11.2 Å². The molecule has 0 spiro atoms. The molecular formula is C14H21NO3. The minimum atomic E-state index is -0.408. The number of methoxy groups -OCH3 is 2. The quantitative estimate of drug-likeness (QED) is 0.875. The average Bonchev–Trinajstić information content (AvgIpc) is 2.38. The van der Waals surface area contributed by atoms with Gasteiger partial charge in [0, 0.05) is 6.54 Å². The van der Waals surface area contributed by atoms with Crippen LogP contribution in [0.2, 0.25) is 0 Å². The number of rotatable bonds is 5. The second kappa shape index (κ2) is 6.89. The van der Waals surface area contributed by atoms with Crippen LogP contribution in [-0.4, -0.2) is 26.9 Å². The van der Waals surface area contributed by atoms with Crippen LogP contribution >= 0.6 is 0 Å². The van der Waals surface area contributed by atoms with Gasteiger partial charge in [0.05, 0.1) is 14.2 Å². The zero-order valence-corrected chi connectivity index (χ0v) is 11.4. The molecule has 0 aliphatic rings. The van der Waals surface area contributed by atoms with Gasteiger partial charge in [-0.25, -0.2) is 4.79 Å². The van der Waals surface area contributed by atoms with Crippen LogP contribution in [0.15, 0.2) is 18.2 Å². The van der Waals surface area contributed by atoms with E-state index in [4.69, 9.17) is 4.74 Å². The van der Waals surface area contributed by atoms with Crippen molar-refractivity contribution in [2.75, 3.05) is 20.8 Å². The first kappa shape index (κ1) is 14.4. The van der Waals surface area contributed by atoms with Gasteiger partial charge in [-0.15, -0.1) is 0 Å². The first-order valence-electron chi connectivity index (χ1n) is 6.07. The van der Waals surface area contributed by atoms with Crippen LogP contribution in [0.3, 0.4) is 0 Å². The number of hydrogen-bond acceptors (Lipinski definition) is 3. The van der Waals surface area contributed by atoms with Crippen molar-refractivity contribution < 1.29 is 14.3 Å². The van der Waals surface area contributed by atoms with Crippen molar-refractivity contribution in [1.29, 1.82) is 0 Å². The first-order valence-corrected chi connectivity index (χ1v) is 6.07. The third-order valence-electron chi connectivity index (χ3n) is 2.82. The number of benzene rings is 1. The Bertz CT molecular complexity index is 402. The maximum atomic E-state index is 11.0. The number of amides is 1. The van der Waals surface area contributed by atoms with E-state index in [2.05, 4.69) is 36.0 Å². The molecule has 0 aliphatic heterocycles. The van der Waals surface area contributed by atoms with Crippen molar-refractivity contribution in [3.8, 4) is 5.75 Å². The van der Waals surface area contributed by atoms with Crippen LogP contribution in [0.1, 0.15) is 30.9 Å². The standard InChI is InChI=1S/C14H21NO3/c1-10(2)11-5-6-13(17-3)12(9-11)7-8-15-14(16)18-4/h5-6,9-10H,7-8H2,1-4H3,(H,15,16). The van der Waals surface area contributed by atoms with Gasteiger partial charge in [-0.3, -0.25) is 0 Å². The SMILES string of the molecule is COC(=O)NCCc1cc(C(C)C)ccc1OC. The van der Waals surface area contributed by atoms with Gasteiger partial charge in [-0.2, -0.15) is 0 Å². The number of carbonyl (C=O) groups is 1. The van der Waals surface area contributed by atoms with E-state index in [9.17, 15) is 4.79 Å². The summed E-state index contributed by atoms with van der Waals surface area (Å²) in [6.45, 7) is 4.83. The second-order valence-corrected chi connectivity index (χ2v) is 4.39. The number of carbonyl (C=O) groups excluding carboxylic acids is 1. The summed E-state index contributed by atoms with van der Waals surface area (Å²) in [5, 5.41) is 2.66. The fourth-order valence-electron chi connectivity index (χ4n) is 1.72. The van der Waals surface area contributed by atoms with Gasteiger partial charge in [0.15, 0.2) is 0 Å². The number of ether oxygens (including phenoxy) is 2. The summed E-state index contributed by atoms with van der Waals surface area (Å²) in [4.78, 5) is 11.0. The van der Waals surface area contributed by atoms with E-state index in [0.29, 0.717) is 12.5 Å². The molecule has 0 atom stereocenters. The molecule has 1 rings (SSSR count). The largest absolute Gasteiger partial charge is 0.496 e. The van der Waals surface area contributed by atoms with E-state index in [-0.39, 0.29) is 0 Å². The summed E-state index contributed by atoms with van der Waals surface area (Å²) in [5.41, 5.74) is 2.36. The lowest BCUT2D eigenvalue weighted by Gasteiger charge is -2.13. The maximum absolute atomic E-state index is 11.0. The van der Waals surface area contributed by atoms with Gasteiger partial charge in [0.1, 0.15) is 5.75 Å². The Kier molecular flexibility index (Phi) is 5.49. The second-order valence-electron chi connectivity index (χ2n) is 4.39. The third kappa shape index (κ3) is 3.95. The fraction of sp³-hybridized carbons (Fsp3) is 0.500. The lowest BCUT2D eigenvalue weighted by molar-refractivity contribution is 0.171. The van der Waals surface area contributed by atoms with Gasteiger partial charge in [0.25, 0.3) is 0 Å². The molecule has 4 nitrogen and oxygen atoms in total. The summed E-state index contributed by atoms with van der Waals surface area (Å²) in [5.74, 6) is 1.33. The molecule has 0 bridgehead atoms. The summed E-state index contributed by atoms with van der Waals surface area (Å²) < 4.78 is 9.85. The Morgan fingerprint density at radius 1 is 1.33 bits per heavy atom. The first-order chi connectivity index (χ1) is 8.58. The van der Waals surface area contributed by atoms with Gasteiger partial charge < -0.3 is 14.8 Å². The van der Waals surface area contributed by atoms with Crippen LogP contribution in [0.25, 0.3) is 0 Å². The molecule has 0 aromatic heterocycles. The smallest absolute Gasteiger partial charge is 0.406 e. The van der Waals surface area contributed by atoms with Crippen molar-refractivity contribution in [3.63, 3.8) is 0 Å². The highest BCUT2D eigenvalue weighted by Crippen LogP contribution is 2.24. The van der Waals surface area contributed by atoms with E-state index in [1.165, 1.54) is 12.7 Å². The third-order valence-corrected chi connectivity index (χ3v) is 2.82. The molecule has 0 heterocycles. The monoisotopic (exact) mass is 251 g/mol. The Hall–Kier alpha value is -1.71. The van der Waals surface area contributed by atoms with E-state index < -0.39 is 6.09 Å². The highest BCUT2D eigenvalue weighted by Gasteiger charge is 2.07. The van der Waals surface area contributed by atoms with E-state index in [0.717, 1.165) is 17.7 Å². The van der Waals surface area contributed by atoms with Crippen LogP contribution in [0.5, 0.6) is 5.75 Å². The molecule has 0 radical (unpaired) electrons. The predicted molar refractivity (Wildman–Crippen MR) is 71.2 cm³/mol. The number of alkyl carbamates (subject to hydrolysis) is 1. The average molecular weight is 251 g/mol. The Morgan fingerprint density at radius 3 is 2.61 bits per heavy atom. The van der Waals surface area contributed by atoms with Gasteiger partial charge in [0.2, 0.25) is 0 Å². The molecule has 4 heteroatoms. The van der Waals surface area contributed by atoms with E-state index >= 15 is 0 Å². The minimum absolute atomic E-state index is 0.408. The topological polar surface area (TPSA) is 47.6 Å². The highest BCUT2D eigenvalue weighted by atomic mass is 16.5. The van der Waals surface area contributed by atoms with E-state index in [1.807, 2.05) is 6.07 Å². The Morgan fingerprint density at radius 2 is 2.06 bits per heavy atom. The number of hydrogen-bond donors (Lipinski definition) is 1. The van der Waals surface area contributed by atoms with Crippen molar-refractivity contribution in [3.05, 3.63) is 29.3 Å². The molecule has 1 aromatic rings. The summed E-state index contributed by atoms with van der Waals surface area (Å²) in [6.07, 6.45) is 0.313. The normalized spacial score (nSPS) is 10.3. The summed E-state index contributed by atoms with van der Waals surface area (Å²) in [6, 6.07) is 6.17. The van der Waals surface area contributed by atoms with Crippen molar-refractivity contribution >= 4 is 6.09 Å². The Balaban J connectivity index is 2.72. The van der Waals surface area contributed by atoms with Gasteiger partial charge in [-0.05, 0) is 29.5 Å². The molecule has 0 unspecified atom stereocenters. The molecule has 100 valence electrons. The van der Waals surface area contributed by atoms with Crippen molar-refractivity contribution in [2.24, 2.45) is 0 Å². The van der Waals surface area contributed by atoms with Crippen molar-refractivity contribution in [1.82, 2.24) is 5.32 Å². The molecule has 0 aliphatic carbocycles. The highest BCUT2D eigenvalue weighted by molar-refractivity contribution is 5.66. The number of nitrogens with one attached hydrogen (secondary N) is 1. The van der Waals surface area contributed by atoms with E-state index in [1.54, 1.807) is 7.11 Å². The Labute approximate surface area is 108 Å². The lowest BCUT2D eigenvalue weighted by atomic mass is 9.99. The molecule has 1 aromatic carbocycles. The molecule has 0 saturated carbocycles. The zero-order valence-electron chi connectivity index (χ0n) is 11.4. The van der Waals surface area contributed by atoms with Crippen LogP contribution < -0.4 is 10.1 Å². The van der Waals surface area contributed by atoms with Crippen LogP contribution in [0, 0.1) is 0 Å². The molecular weight excluding hydrogens is 230 g/mol. The predicted octanol–water partition coefficient (Wildman–Crippen LogP) is 2.72. The molecule has 0 saturated heterocycles. The molecule has 1 N–H and O–H groups in total. The van der Waals surface area contributed by atoms with Crippen LogP contribution in [0.4, 0.5) is 4.79 Å². The minimum Gasteiger partial charge on any atom is -0.496 e. The maximum Gasteiger partial charge on any atom is 0.406 e. The fourth-order valence-corrected chi connectivity index (χ4v) is 1.72. The molecule has 18 heavy (non-hydrogen) atoms. The van der Waals surface area contributed by atoms with Crippen molar-refractivity contribution in [2.45, 2.75) is 26.2 Å². The summed E-state index contributed by atoms with van der Waals surface area (Å²) >= 11 is 0. The lowest BCUT2D eigenvalue weighted by Crippen LogP contribution is -2.25. The molecule has 0 fully saturated rings. The van der Waals surface area contributed by atoms with Gasteiger partial charge in [-0.1, -0.05) is 26.0 Å². The van der Waals surface area contributed by atoms with Gasteiger partial charge >= 0.3 is 6.09 Å². The molecule has 1 amide bonds. The zero-order chi connectivity index (χ0) is 13.5. The summed E-state index contributed by atoms with van der Waals surface area (Å²) in [7, 11) is 3.01.